The number of nitrogens with zero attached hydrogens (tertiary/aromatic N) is 2. The molecule has 0 saturated heterocycles. The van der Waals surface area contributed by atoms with Gasteiger partial charge in [0.15, 0.2) is 5.84 Å². The highest BCUT2D eigenvalue weighted by molar-refractivity contribution is 6.09. The van der Waals surface area contributed by atoms with E-state index in [9.17, 15) is 0 Å². The Morgan fingerprint density at radius 2 is 1.58 bits per heavy atom. The van der Waals surface area contributed by atoms with Gasteiger partial charge in [0.1, 0.15) is 11.2 Å². The molecule has 0 N–H and O–H groups in total. The number of amidine groups is 1. The number of furan rings is 1. The molecule has 0 aliphatic heterocycles. The van der Waals surface area contributed by atoms with Crippen molar-refractivity contribution in [1.82, 2.24) is 0 Å². The van der Waals surface area contributed by atoms with Crippen molar-refractivity contribution in [3.8, 4) is 0 Å². The zero-order valence-corrected chi connectivity index (χ0v) is 13.1. The van der Waals surface area contributed by atoms with E-state index in [0.717, 1.165) is 33.1 Å². The quantitative estimate of drug-likeness (QED) is 0.377. The number of benzene rings is 3. The van der Waals surface area contributed by atoms with Gasteiger partial charge in [0.2, 0.25) is 0 Å². The predicted octanol–water partition coefficient (Wildman–Crippen LogP) is 5.23. The SMILES string of the molecule is C=NC(=NCc1ccccc1)c1ccc2oc3ccccc3c2c1. The van der Waals surface area contributed by atoms with Crippen LogP contribution in [0.5, 0.6) is 0 Å². The van der Waals surface area contributed by atoms with Crippen LogP contribution in [-0.2, 0) is 6.54 Å². The Morgan fingerprint density at radius 3 is 2.42 bits per heavy atom. The highest BCUT2D eigenvalue weighted by Gasteiger charge is 2.09. The maximum Gasteiger partial charge on any atom is 0.154 e. The normalized spacial score (nSPS) is 11.9. The van der Waals surface area contributed by atoms with Crippen molar-refractivity contribution >= 4 is 34.5 Å². The van der Waals surface area contributed by atoms with Gasteiger partial charge in [0.05, 0.1) is 6.54 Å². The third kappa shape index (κ3) is 2.61. The predicted molar refractivity (Wildman–Crippen MR) is 100.0 cm³/mol. The lowest BCUT2D eigenvalue weighted by atomic mass is 10.1. The smallest absolute Gasteiger partial charge is 0.154 e. The van der Waals surface area contributed by atoms with E-state index in [1.807, 2.05) is 48.5 Å². The Bertz CT molecular complexity index is 1050. The fraction of sp³-hybridized carbons (Fsp3) is 0.0476. The summed E-state index contributed by atoms with van der Waals surface area (Å²) in [6.45, 7) is 4.26. The van der Waals surface area contributed by atoms with E-state index in [2.05, 4.69) is 41.0 Å². The fourth-order valence-electron chi connectivity index (χ4n) is 2.85. The number of hydrogen-bond donors (Lipinski definition) is 0. The van der Waals surface area contributed by atoms with Crippen LogP contribution in [0.1, 0.15) is 11.1 Å². The zero-order valence-electron chi connectivity index (χ0n) is 13.1. The lowest BCUT2D eigenvalue weighted by Crippen LogP contribution is -1.97. The number of para-hydroxylation sites is 1. The molecule has 116 valence electrons. The van der Waals surface area contributed by atoms with Crippen molar-refractivity contribution in [2.24, 2.45) is 9.98 Å². The molecule has 0 fully saturated rings. The summed E-state index contributed by atoms with van der Waals surface area (Å²) < 4.78 is 5.86. The highest BCUT2D eigenvalue weighted by Crippen LogP contribution is 2.29. The minimum atomic E-state index is 0.583. The van der Waals surface area contributed by atoms with Crippen molar-refractivity contribution in [2.45, 2.75) is 6.54 Å². The van der Waals surface area contributed by atoms with E-state index in [-0.39, 0.29) is 0 Å². The molecule has 0 aliphatic carbocycles. The highest BCUT2D eigenvalue weighted by atomic mass is 16.3. The first-order valence-electron chi connectivity index (χ1n) is 7.82. The number of fused-ring (bicyclic) bond motifs is 3. The molecule has 0 unspecified atom stereocenters. The van der Waals surface area contributed by atoms with Crippen LogP contribution >= 0.6 is 0 Å². The molecular weight excluding hydrogens is 296 g/mol. The van der Waals surface area contributed by atoms with Gasteiger partial charge in [-0.25, -0.2) is 4.99 Å². The van der Waals surface area contributed by atoms with E-state index in [1.165, 1.54) is 0 Å². The molecule has 4 aromatic rings. The standard InChI is InChI=1S/C21H16N2O/c1-22-21(23-14-15-7-3-2-4-8-15)16-11-12-20-18(13-16)17-9-5-6-10-19(17)24-20/h2-13H,1,14H2. The minimum Gasteiger partial charge on any atom is -0.456 e. The van der Waals surface area contributed by atoms with Gasteiger partial charge in [0, 0.05) is 16.3 Å². The van der Waals surface area contributed by atoms with Crippen LogP contribution in [0.15, 0.2) is 87.2 Å². The van der Waals surface area contributed by atoms with Crippen LogP contribution in [0, 0.1) is 0 Å². The third-order valence-electron chi connectivity index (χ3n) is 4.04. The second kappa shape index (κ2) is 6.13. The summed E-state index contributed by atoms with van der Waals surface area (Å²) in [6, 6.07) is 24.2. The fourth-order valence-corrected chi connectivity index (χ4v) is 2.85. The first-order valence-corrected chi connectivity index (χ1v) is 7.82. The van der Waals surface area contributed by atoms with Gasteiger partial charge < -0.3 is 4.42 Å². The van der Waals surface area contributed by atoms with E-state index in [1.54, 1.807) is 0 Å². The van der Waals surface area contributed by atoms with E-state index in [0.29, 0.717) is 12.4 Å². The lowest BCUT2D eigenvalue weighted by Gasteiger charge is -2.02. The largest absolute Gasteiger partial charge is 0.456 e. The van der Waals surface area contributed by atoms with Crippen LogP contribution in [-0.4, -0.2) is 12.6 Å². The number of aliphatic imine (C=N–C) groups is 2. The number of hydrogen-bond acceptors (Lipinski definition) is 2. The van der Waals surface area contributed by atoms with E-state index < -0.39 is 0 Å². The van der Waals surface area contributed by atoms with Gasteiger partial charge >= 0.3 is 0 Å². The minimum absolute atomic E-state index is 0.583. The molecule has 4 rings (SSSR count). The summed E-state index contributed by atoms with van der Waals surface area (Å²) >= 11 is 0. The summed E-state index contributed by atoms with van der Waals surface area (Å²) in [4.78, 5) is 8.72. The molecule has 0 aliphatic rings. The summed E-state index contributed by atoms with van der Waals surface area (Å²) in [5, 5.41) is 2.17. The van der Waals surface area contributed by atoms with Crippen LogP contribution < -0.4 is 0 Å². The summed E-state index contributed by atoms with van der Waals surface area (Å²) in [7, 11) is 0. The molecule has 1 heterocycles. The van der Waals surface area contributed by atoms with E-state index >= 15 is 0 Å². The molecule has 0 spiro atoms. The van der Waals surface area contributed by atoms with Crippen molar-refractivity contribution in [2.75, 3.05) is 0 Å². The van der Waals surface area contributed by atoms with Gasteiger partial charge in [0.25, 0.3) is 0 Å². The second-order valence-electron chi connectivity index (χ2n) is 5.59. The molecule has 1 aromatic heterocycles. The van der Waals surface area contributed by atoms with Crippen LogP contribution in [0.2, 0.25) is 0 Å². The Morgan fingerprint density at radius 1 is 0.833 bits per heavy atom. The molecule has 3 aromatic carbocycles. The molecule has 3 nitrogen and oxygen atoms in total. The van der Waals surface area contributed by atoms with Crippen molar-refractivity contribution in [1.29, 1.82) is 0 Å². The lowest BCUT2D eigenvalue weighted by molar-refractivity contribution is 0.669. The maximum absolute atomic E-state index is 5.86. The summed E-state index contributed by atoms with van der Waals surface area (Å²) in [5.74, 6) is 0.644. The van der Waals surface area contributed by atoms with Crippen LogP contribution in [0.25, 0.3) is 21.9 Å². The average molecular weight is 312 g/mol. The zero-order chi connectivity index (χ0) is 16.4. The monoisotopic (exact) mass is 312 g/mol. The molecule has 0 radical (unpaired) electrons. The third-order valence-corrected chi connectivity index (χ3v) is 4.04. The second-order valence-corrected chi connectivity index (χ2v) is 5.59. The first-order chi connectivity index (χ1) is 11.8. The number of rotatable bonds is 3. The molecular formula is C21H16N2O. The van der Waals surface area contributed by atoms with Crippen LogP contribution in [0.4, 0.5) is 0 Å². The molecule has 0 saturated carbocycles. The Labute approximate surface area is 140 Å². The molecule has 3 heteroatoms. The van der Waals surface area contributed by atoms with Crippen LogP contribution in [0.3, 0.4) is 0 Å². The molecule has 0 amide bonds. The summed E-state index contributed by atoms with van der Waals surface area (Å²) in [5.41, 5.74) is 3.85. The Hall–Kier alpha value is -3.20. The Balaban J connectivity index is 1.76. The van der Waals surface area contributed by atoms with Gasteiger partial charge in [-0.15, -0.1) is 0 Å². The Kier molecular flexibility index (Phi) is 3.67. The van der Waals surface area contributed by atoms with Crippen molar-refractivity contribution in [3.63, 3.8) is 0 Å². The van der Waals surface area contributed by atoms with Gasteiger partial charge in [-0.2, -0.15) is 0 Å². The topological polar surface area (TPSA) is 37.9 Å². The van der Waals surface area contributed by atoms with Crippen molar-refractivity contribution < 1.29 is 4.42 Å². The average Bonchev–Trinajstić information content (AvgIpc) is 3.01. The van der Waals surface area contributed by atoms with Crippen molar-refractivity contribution in [3.05, 3.63) is 83.9 Å². The molecule has 24 heavy (non-hydrogen) atoms. The maximum atomic E-state index is 5.86. The first kappa shape index (κ1) is 14.4. The summed E-state index contributed by atoms with van der Waals surface area (Å²) in [6.07, 6.45) is 0. The van der Waals surface area contributed by atoms with E-state index in [4.69, 9.17) is 4.42 Å². The van der Waals surface area contributed by atoms with Gasteiger partial charge in [-0.1, -0.05) is 48.5 Å². The molecule has 0 atom stereocenters. The van der Waals surface area contributed by atoms with Gasteiger partial charge in [-0.3, -0.25) is 4.99 Å². The van der Waals surface area contributed by atoms with Gasteiger partial charge in [-0.05, 0) is 36.5 Å². The molecule has 0 bridgehead atoms.